The van der Waals surface area contributed by atoms with Crippen LogP contribution >= 0.6 is 12.2 Å². The maximum atomic E-state index is 6.16. The molecule has 3 rings (SSSR count). The van der Waals surface area contributed by atoms with Crippen LogP contribution in [-0.2, 0) is 0 Å². The Hall–Kier alpha value is -2.07. The van der Waals surface area contributed by atoms with Crippen LogP contribution in [0.5, 0.6) is 5.75 Å². The van der Waals surface area contributed by atoms with Crippen LogP contribution in [0, 0.1) is 20.8 Å². The van der Waals surface area contributed by atoms with Crippen molar-refractivity contribution in [1.82, 2.24) is 5.32 Å². The van der Waals surface area contributed by atoms with Crippen LogP contribution < -0.4 is 15.4 Å². The lowest BCUT2D eigenvalue weighted by molar-refractivity contribution is 0.0696. The molecule has 2 aromatic carbocycles. The van der Waals surface area contributed by atoms with Crippen LogP contribution in [0.1, 0.15) is 48.6 Å². The summed E-state index contributed by atoms with van der Waals surface area (Å²) in [5, 5.41) is 7.45. The molecule has 1 unspecified atom stereocenters. The van der Waals surface area contributed by atoms with E-state index in [1.807, 2.05) is 0 Å². The Kier molecular flexibility index (Phi) is 4.74. The lowest BCUT2D eigenvalue weighted by atomic mass is 9.89. The molecule has 0 saturated carbocycles. The molecule has 0 saturated heterocycles. The highest BCUT2D eigenvalue weighted by Gasteiger charge is 2.34. The lowest BCUT2D eigenvalue weighted by Crippen LogP contribution is -2.42. The van der Waals surface area contributed by atoms with Crippen molar-refractivity contribution in [2.24, 2.45) is 0 Å². The molecule has 0 amide bonds. The van der Waals surface area contributed by atoms with E-state index in [1.54, 1.807) is 0 Å². The second-order valence-electron chi connectivity index (χ2n) is 7.58. The summed E-state index contributed by atoms with van der Waals surface area (Å²) in [5.41, 5.74) is 5.61. The molecule has 0 fully saturated rings. The van der Waals surface area contributed by atoms with E-state index in [4.69, 9.17) is 17.0 Å². The van der Waals surface area contributed by atoms with Crippen LogP contribution in [0.4, 0.5) is 5.69 Å². The molecule has 0 aromatic heterocycles. The van der Waals surface area contributed by atoms with Gasteiger partial charge in [0.25, 0.3) is 0 Å². The molecule has 0 spiro atoms. The number of anilines is 1. The third-order valence-electron chi connectivity index (χ3n) is 4.56. The molecule has 0 radical (unpaired) electrons. The van der Waals surface area contributed by atoms with Gasteiger partial charge in [0.1, 0.15) is 11.4 Å². The Morgan fingerprint density at radius 1 is 1.08 bits per heavy atom. The van der Waals surface area contributed by atoms with E-state index in [-0.39, 0.29) is 11.6 Å². The van der Waals surface area contributed by atoms with Gasteiger partial charge < -0.3 is 15.4 Å². The van der Waals surface area contributed by atoms with Crippen molar-refractivity contribution >= 4 is 23.0 Å². The first-order valence-corrected chi connectivity index (χ1v) is 9.09. The van der Waals surface area contributed by atoms with Crippen molar-refractivity contribution in [2.45, 2.75) is 52.7 Å². The highest BCUT2D eigenvalue weighted by atomic mass is 32.1. The molecule has 1 atom stereocenters. The summed E-state index contributed by atoms with van der Waals surface area (Å²) < 4.78 is 6.16. The number of fused-ring (bicyclic) bond motifs is 1. The van der Waals surface area contributed by atoms with Gasteiger partial charge in [-0.3, -0.25) is 0 Å². The Balaban J connectivity index is 1.79. The normalized spacial score (nSPS) is 18.0. The maximum absolute atomic E-state index is 6.16. The van der Waals surface area contributed by atoms with Crippen molar-refractivity contribution in [3.8, 4) is 5.75 Å². The first kappa shape index (κ1) is 17.7. The van der Waals surface area contributed by atoms with Gasteiger partial charge >= 0.3 is 0 Å². The molecule has 0 bridgehead atoms. The summed E-state index contributed by atoms with van der Waals surface area (Å²) in [7, 11) is 0. The highest BCUT2D eigenvalue weighted by Crippen LogP contribution is 2.39. The Labute approximate surface area is 155 Å². The van der Waals surface area contributed by atoms with Gasteiger partial charge in [0.05, 0.1) is 6.04 Å². The monoisotopic (exact) mass is 354 g/mol. The number of aryl methyl sites for hydroxylation is 3. The van der Waals surface area contributed by atoms with E-state index < -0.39 is 0 Å². The third kappa shape index (κ3) is 4.13. The fourth-order valence-electron chi connectivity index (χ4n) is 3.36. The number of hydrogen-bond donors (Lipinski definition) is 2. The standard InChI is InChI=1S/C21H26N2OS/c1-13-7-9-17(15(3)10-13)22-20(25)23-18-12-21(4,5)24-19-11-14(2)6-8-16(18)19/h6-11,18H,12H2,1-5H3,(H2,22,23,25). The molecule has 2 aromatic rings. The number of benzene rings is 2. The predicted octanol–water partition coefficient (Wildman–Crippen LogP) is 5.20. The first-order valence-electron chi connectivity index (χ1n) is 8.68. The second-order valence-corrected chi connectivity index (χ2v) is 7.98. The van der Waals surface area contributed by atoms with Crippen LogP contribution in [0.3, 0.4) is 0 Å². The zero-order valence-corrected chi connectivity index (χ0v) is 16.4. The molecule has 132 valence electrons. The zero-order valence-electron chi connectivity index (χ0n) is 15.6. The molecule has 0 aliphatic carbocycles. The van der Waals surface area contributed by atoms with Crippen molar-refractivity contribution in [2.75, 3.05) is 5.32 Å². The molecule has 1 aliphatic heterocycles. The van der Waals surface area contributed by atoms with Crippen LogP contribution in [-0.4, -0.2) is 10.7 Å². The molecule has 4 heteroatoms. The quantitative estimate of drug-likeness (QED) is 0.726. The smallest absolute Gasteiger partial charge is 0.171 e. The van der Waals surface area contributed by atoms with E-state index in [1.165, 1.54) is 16.7 Å². The molecule has 1 aliphatic rings. The summed E-state index contributed by atoms with van der Waals surface area (Å²) in [5.74, 6) is 0.947. The Morgan fingerprint density at radius 3 is 2.48 bits per heavy atom. The summed E-state index contributed by atoms with van der Waals surface area (Å²) in [6, 6.07) is 12.8. The van der Waals surface area contributed by atoms with Gasteiger partial charge in [-0.2, -0.15) is 0 Å². The van der Waals surface area contributed by atoms with Crippen molar-refractivity contribution in [3.63, 3.8) is 0 Å². The fraction of sp³-hybridized carbons (Fsp3) is 0.381. The van der Waals surface area contributed by atoms with E-state index >= 15 is 0 Å². The minimum Gasteiger partial charge on any atom is -0.487 e. The maximum Gasteiger partial charge on any atom is 0.171 e. The van der Waals surface area contributed by atoms with Gasteiger partial charge in [-0.1, -0.05) is 29.8 Å². The molecule has 25 heavy (non-hydrogen) atoms. The predicted molar refractivity (Wildman–Crippen MR) is 109 cm³/mol. The summed E-state index contributed by atoms with van der Waals surface area (Å²) >= 11 is 5.58. The SMILES string of the molecule is Cc1ccc(NC(=S)NC2CC(C)(C)Oc3cc(C)ccc32)c(C)c1. The average Bonchev–Trinajstić information content (AvgIpc) is 2.48. The highest BCUT2D eigenvalue weighted by molar-refractivity contribution is 7.80. The Bertz CT molecular complexity index is 814. The fourth-order valence-corrected chi connectivity index (χ4v) is 3.61. The molecular formula is C21H26N2OS. The third-order valence-corrected chi connectivity index (χ3v) is 4.78. The van der Waals surface area contributed by atoms with Crippen LogP contribution in [0.25, 0.3) is 0 Å². The van der Waals surface area contributed by atoms with Gasteiger partial charge in [-0.05, 0) is 70.1 Å². The molecule has 1 heterocycles. The van der Waals surface area contributed by atoms with Crippen LogP contribution in [0.15, 0.2) is 36.4 Å². The molecule has 2 N–H and O–H groups in total. The number of ether oxygens (including phenoxy) is 1. The largest absolute Gasteiger partial charge is 0.487 e. The Morgan fingerprint density at radius 2 is 1.76 bits per heavy atom. The number of rotatable bonds is 2. The van der Waals surface area contributed by atoms with Gasteiger partial charge in [-0.15, -0.1) is 0 Å². The lowest BCUT2D eigenvalue weighted by Gasteiger charge is -2.38. The van der Waals surface area contributed by atoms with Gasteiger partial charge in [0.15, 0.2) is 5.11 Å². The number of hydrogen-bond acceptors (Lipinski definition) is 2. The minimum absolute atomic E-state index is 0.130. The number of thiocarbonyl (C=S) groups is 1. The van der Waals surface area contributed by atoms with Crippen molar-refractivity contribution in [1.29, 1.82) is 0 Å². The van der Waals surface area contributed by atoms with Crippen LogP contribution in [0.2, 0.25) is 0 Å². The topological polar surface area (TPSA) is 33.3 Å². The summed E-state index contributed by atoms with van der Waals surface area (Å²) in [6.07, 6.45) is 0.859. The van der Waals surface area contributed by atoms with Gasteiger partial charge in [0, 0.05) is 17.7 Å². The van der Waals surface area contributed by atoms with Crippen molar-refractivity contribution in [3.05, 3.63) is 58.7 Å². The number of nitrogens with one attached hydrogen (secondary N) is 2. The molecule has 3 nitrogen and oxygen atoms in total. The average molecular weight is 355 g/mol. The summed E-state index contributed by atoms with van der Waals surface area (Å²) in [6.45, 7) is 10.5. The van der Waals surface area contributed by atoms with Crippen molar-refractivity contribution < 1.29 is 4.74 Å². The summed E-state index contributed by atoms with van der Waals surface area (Å²) in [4.78, 5) is 0. The van der Waals surface area contributed by atoms with E-state index in [9.17, 15) is 0 Å². The van der Waals surface area contributed by atoms with E-state index in [0.29, 0.717) is 5.11 Å². The van der Waals surface area contributed by atoms with E-state index in [2.05, 4.69) is 81.7 Å². The second kappa shape index (κ2) is 6.68. The van der Waals surface area contributed by atoms with Gasteiger partial charge in [0.2, 0.25) is 0 Å². The minimum atomic E-state index is -0.228. The van der Waals surface area contributed by atoms with Gasteiger partial charge in [-0.25, -0.2) is 0 Å². The zero-order chi connectivity index (χ0) is 18.2. The molecular weight excluding hydrogens is 328 g/mol. The van der Waals surface area contributed by atoms with E-state index in [0.717, 1.165) is 23.4 Å². The first-order chi connectivity index (χ1) is 11.7.